The smallest absolute Gasteiger partial charge is 0.286 e. The van der Waals surface area contributed by atoms with Crippen LogP contribution in [0.4, 0.5) is 8.78 Å². The van der Waals surface area contributed by atoms with Crippen molar-refractivity contribution >= 4 is 5.91 Å². The molecule has 0 aliphatic heterocycles. The molecule has 7 heteroatoms. The van der Waals surface area contributed by atoms with Gasteiger partial charge in [-0.3, -0.25) is 4.79 Å². The first kappa shape index (κ1) is 19.9. The van der Waals surface area contributed by atoms with Crippen molar-refractivity contribution in [3.05, 3.63) is 53.5 Å². The number of benzene rings is 1. The summed E-state index contributed by atoms with van der Waals surface area (Å²) >= 11 is 0. The molecule has 0 unspecified atom stereocenters. The van der Waals surface area contributed by atoms with Crippen LogP contribution in [0.2, 0.25) is 0 Å². The molecule has 142 valence electrons. The molecule has 26 heavy (non-hydrogen) atoms. The minimum atomic E-state index is -0.789. The quantitative estimate of drug-likeness (QED) is 0.653. The number of hydrogen-bond acceptors (Lipinski definition) is 4. The van der Waals surface area contributed by atoms with E-state index in [0.717, 1.165) is 38.2 Å². The number of halogens is 2. The summed E-state index contributed by atoms with van der Waals surface area (Å²) in [6, 6.07) is 6.19. The number of rotatable bonds is 10. The van der Waals surface area contributed by atoms with Crippen LogP contribution in [0.5, 0.6) is 5.75 Å². The number of nitrogens with one attached hydrogen (secondary N) is 1. The molecule has 0 radical (unpaired) electrons. The Bertz CT molecular complexity index is 715. The number of hydrogen-bond donors (Lipinski definition) is 1. The van der Waals surface area contributed by atoms with Gasteiger partial charge in [0, 0.05) is 12.6 Å². The minimum absolute atomic E-state index is 0.0577. The van der Waals surface area contributed by atoms with Crippen molar-refractivity contribution in [1.82, 2.24) is 10.2 Å². The highest BCUT2D eigenvalue weighted by Gasteiger charge is 2.12. The van der Waals surface area contributed by atoms with Crippen molar-refractivity contribution in [1.29, 1.82) is 0 Å². The lowest BCUT2D eigenvalue weighted by atomic mass is 10.3. The summed E-state index contributed by atoms with van der Waals surface area (Å²) in [5, 5.41) is 2.80. The maximum Gasteiger partial charge on any atom is 0.286 e. The summed E-state index contributed by atoms with van der Waals surface area (Å²) in [7, 11) is 0. The van der Waals surface area contributed by atoms with E-state index in [1.54, 1.807) is 12.1 Å². The average molecular weight is 366 g/mol. The van der Waals surface area contributed by atoms with Crippen LogP contribution in [0, 0.1) is 11.6 Å². The molecule has 5 nitrogen and oxygen atoms in total. The largest absolute Gasteiger partial charge is 0.483 e. The highest BCUT2D eigenvalue weighted by atomic mass is 19.1. The highest BCUT2D eigenvalue weighted by Crippen LogP contribution is 2.19. The zero-order valence-corrected chi connectivity index (χ0v) is 15.1. The summed E-state index contributed by atoms with van der Waals surface area (Å²) in [6.07, 6.45) is 0.855. The summed E-state index contributed by atoms with van der Waals surface area (Å²) in [6.45, 7) is 7.61. The highest BCUT2D eigenvalue weighted by molar-refractivity contribution is 5.91. The molecule has 0 bridgehead atoms. The van der Waals surface area contributed by atoms with E-state index in [0.29, 0.717) is 12.3 Å². The predicted octanol–water partition coefficient (Wildman–Crippen LogP) is 3.60. The van der Waals surface area contributed by atoms with Gasteiger partial charge in [0.1, 0.15) is 18.2 Å². The van der Waals surface area contributed by atoms with Gasteiger partial charge in [0.05, 0.1) is 0 Å². The molecule has 0 aliphatic carbocycles. The first-order chi connectivity index (χ1) is 12.5. The van der Waals surface area contributed by atoms with Crippen molar-refractivity contribution in [3.63, 3.8) is 0 Å². The fourth-order valence-electron chi connectivity index (χ4n) is 2.45. The summed E-state index contributed by atoms with van der Waals surface area (Å²) in [4.78, 5) is 14.3. The molecule has 2 rings (SSSR count). The molecule has 0 spiro atoms. The van der Waals surface area contributed by atoms with Crippen LogP contribution in [0.1, 0.15) is 36.6 Å². The summed E-state index contributed by atoms with van der Waals surface area (Å²) in [5.74, 6) is -1.29. The van der Waals surface area contributed by atoms with Gasteiger partial charge >= 0.3 is 0 Å². The third-order valence-corrected chi connectivity index (χ3v) is 3.98. The molecule has 1 aromatic carbocycles. The molecule has 2 aromatic rings. The van der Waals surface area contributed by atoms with Gasteiger partial charge in [-0.15, -0.1) is 0 Å². The second-order valence-electron chi connectivity index (χ2n) is 5.77. The molecule has 0 fully saturated rings. The Hall–Kier alpha value is -2.41. The second-order valence-corrected chi connectivity index (χ2v) is 5.77. The van der Waals surface area contributed by atoms with E-state index < -0.39 is 11.6 Å². The first-order valence-corrected chi connectivity index (χ1v) is 8.70. The minimum Gasteiger partial charge on any atom is -0.483 e. The van der Waals surface area contributed by atoms with Gasteiger partial charge in [0.15, 0.2) is 17.3 Å². The average Bonchev–Trinajstić information content (AvgIpc) is 3.10. The van der Waals surface area contributed by atoms with E-state index in [2.05, 4.69) is 24.1 Å². The van der Waals surface area contributed by atoms with Gasteiger partial charge in [0.25, 0.3) is 5.91 Å². The zero-order valence-electron chi connectivity index (χ0n) is 15.1. The monoisotopic (exact) mass is 366 g/mol. The standard InChI is InChI=1S/C19H24F2N2O3/c1-3-23(4-2)11-5-10-22-19(24)18-9-7-15(26-18)13-25-17-8-6-14(20)12-16(17)21/h6-9,12H,3-5,10-11,13H2,1-2H3,(H,22,24). The van der Waals surface area contributed by atoms with Gasteiger partial charge in [-0.1, -0.05) is 13.8 Å². The predicted molar refractivity (Wildman–Crippen MR) is 94.1 cm³/mol. The van der Waals surface area contributed by atoms with Crippen molar-refractivity contribution in [2.24, 2.45) is 0 Å². The Morgan fingerprint density at radius 2 is 1.96 bits per heavy atom. The van der Waals surface area contributed by atoms with E-state index in [4.69, 9.17) is 9.15 Å². The molecule has 0 aliphatic rings. The fourth-order valence-corrected chi connectivity index (χ4v) is 2.45. The number of ether oxygens (including phenoxy) is 1. The number of carbonyl (C=O) groups excluding carboxylic acids is 1. The fraction of sp³-hybridized carbons (Fsp3) is 0.421. The maximum atomic E-state index is 13.5. The Kier molecular flexibility index (Phi) is 7.59. The lowest BCUT2D eigenvalue weighted by Gasteiger charge is -2.17. The van der Waals surface area contributed by atoms with E-state index in [-0.39, 0.29) is 24.0 Å². The molecule has 1 amide bonds. The summed E-state index contributed by atoms with van der Waals surface area (Å²) in [5.41, 5.74) is 0. The van der Waals surface area contributed by atoms with Gasteiger partial charge in [-0.05, 0) is 50.3 Å². The van der Waals surface area contributed by atoms with E-state index in [1.165, 1.54) is 6.07 Å². The van der Waals surface area contributed by atoms with Gasteiger partial charge in [0.2, 0.25) is 0 Å². The van der Waals surface area contributed by atoms with Gasteiger partial charge in [-0.25, -0.2) is 8.78 Å². The Morgan fingerprint density at radius 3 is 2.65 bits per heavy atom. The molecular weight excluding hydrogens is 342 g/mol. The Balaban J connectivity index is 1.78. The molecule has 0 saturated heterocycles. The molecule has 0 atom stereocenters. The van der Waals surface area contributed by atoms with Crippen molar-refractivity contribution in [3.8, 4) is 5.75 Å². The second kappa shape index (κ2) is 9.91. The van der Waals surface area contributed by atoms with Crippen LogP contribution in [0.15, 0.2) is 34.7 Å². The van der Waals surface area contributed by atoms with Gasteiger partial charge < -0.3 is 19.4 Å². The van der Waals surface area contributed by atoms with Crippen LogP contribution in [-0.2, 0) is 6.61 Å². The zero-order chi connectivity index (χ0) is 18.9. The molecule has 1 heterocycles. The normalized spacial score (nSPS) is 11.0. The lowest BCUT2D eigenvalue weighted by molar-refractivity contribution is 0.0920. The van der Waals surface area contributed by atoms with Crippen molar-refractivity contribution in [2.75, 3.05) is 26.2 Å². The molecule has 1 N–H and O–H groups in total. The van der Waals surface area contributed by atoms with Crippen LogP contribution in [-0.4, -0.2) is 37.0 Å². The van der Waals surface area contributed by atoms with Crippen molar-refractivity contribution < 1.29 is 22.7 Å². The molecule has 1 aromatic heterocycles. The van der Waals surface area contributed by atoms with Crippen molar-refractivity contribution in [2.45, 2.75) is 26.9 Å². The third-order valence-electron chi connectivity index (χ3n) is 3.98. The Labute approximate surface area is 151 Å². The SMILES string of the molecule is CCN(CC)CCCNC(=O)c1ccc(COc2ccc(F)cc2F)o1. The Morgan fingerprint density at radius 1 is 1.19 bits per heavy atom. The van der Waals surface area contributed by atoms with Crippen LogP contribution in [0.3, 0.4) is 0 Å². The number of amides is 1. The molecular formula is C19H24F2N2O3. The topological polar surface area (TPSA) is 54.7 Å². The van der Waals surface area contributed by atoms with Crippen LogP contribution < -0.4 is 10.1 Å². The molecule has 0 saturated carbocycles. The number of carbonyl (C=O) groups is 1. The van der Waals surface area contributed by atoms with E-state index in [9.17, 15) is 13.6 Å². The summed E-state index contributed by atoms with van der Waals surface area (Å²) < 4.78 is 37.0. The van der Waals surface area contributed by atoms with E-state index in [1.807, 2.05) is 0 Å². The van der Waals surface area contributed by atoms with Gasteiger partial charge in [-0.2, -0.15) is 0 Å². The lowest BCUT2D eigenvalue weighted by Crippen LogP contribution is -2.29. The van der Waals surface area contributed by atoms with E-state index >= 15 is 0 Å². The maximum absolute atomic E-state index is 13.5. The third kappa shape index (κ3) is 5.84. The number of nitrogens with zero attached hydrogens (tertiary/aromatic N) is 1. The van der Waals surface area contributed by atoms with Crippen LogP contribution in [0.25, 0.3) is 0 Å². The van der Waals surface area contributed by atoms with Crippen LogP contribution >= 0.6 is 0 Å². The first-order valence-electron chi connectivity index (χ1n) is 8.70. The number of furan rings is 1.